The molecule has 3 aromatic heterocycles. The summed E-state index contributed by atoms with van der Waals surface area (Å²) < 4.78 is 0. The van der Waals surface area contributed by atoms with E-state index >= 15 is 0 Å². The highest BCUT2D eigenvalue weighted by atomic mass is 14.8. The summed E-state index contributed by atoms with van der Waals surface area (Å²) in [6, 6.07) is 9.63. The van der Waals surface area contributed by atoms with Crippen LogP contribution < -0.4 is 0 Å². The normalized spacial score (nSPS) is 10.3. The molecule has 3 aromatic rings. The Labute approximate surface area is 110 Å². The molecule has 0 amide bonds. The van der Waals surface area contributed by atoms with Crippen LogP contribution in [0.4, 0.5) is 0 Å². The van der Waals surface area contributed by atoms with Crippen LogP contribution in [0.2, 0.25) is 0 Å². The van der Waals surface area contributed by atoms with Gasteiger partial charge in [0.15, 0.2) is 5.65 Å². The van der Waals surface area contributed by atoms with Crippen LogP contribution in [0.3, 0.4) is 0 Å². The quantitative estimate of drug-likeness (QED) is 0.662. The molecule has 0 aliphatic rings. The van der Waals surface area contributed by atoms with E-state index in [0.717, 1.165) is 22.1 Å². The molecule has 0 aliphatic carbocycles. The number of rotatable bonds is 1. The standard InChI is InChI=1S/C15H10N4/c1-10-4-6-17-9-14(10)13-7-11(8-16)19-15-12(13)3-2-5-18-15/h2-7,9H,1H3. The van der Waals surface area contributed by atoms with Gasteiger partial charge in [-0.15, -0.1) is 0 Å². The fraction of sp³-hybridized carbons (Fsp3) is 0.0667. The second kappa shape index (κ2) is 4.46. The molecule has 0 N–H and O–H groups in total. The summed E-state index contributed by atoms with van der Waals surface area (Å²) >= 11 is 0. The summed E-state index contributed by atoms with van der Waals surface area (Å²) in [4.78, 5) is 12.6. The molecule has 4 heteroatoms. The average Bonchev–Trinajstić information content (AvgIpc) is 2.46. The third kappa shape index (κ3) is 1.91. The predicted molar refractivity (Wildman–Crippen MR) is 72.2 cm³/mol. The molecule has 0 atom stereocenters. The summed E-state index contributed by atoms with van der Waals surface area (Å²) in [6.45, 7) is 2.02. The highest BCUT2D eigenvalue weighted by Gasteiger charge is 2.10. The van der Waals surface area contributed by atoms with E-state index in [0.29, 0.717) is 11.3 Å². The molecule has 0 bridgehead atoms. The van der Waals surface area contributed by atoms with E-state index in [2.05, 4.69) is 21.0 Å². The van der Waals surface area contributed by atoms with Crippen molar-refractivity contribution in [1.82, 2.24) is 15.0 Å². The largest absolute Gasteiger partial charge is 0.264 e. The Morgan fingerprint density at radius 2 is 2.05 bits per heavy atom. The van der Waals surface area contributed by atoms with E-state index in [1.807, 2.05) is 25.1 Å². The van der Waals surface area contributed by atoms with Crippen molar-refractivity contribution in [2.24, 2.45) is 0 Å². The Morgan fingerprint density at radius 1 is 1.16 bits per heavy atom. The molecule has 0 saturated carbocycles. The minimum atomic E-state index is 0.365. The minimum Gasteiger partial charge on any atom is -0.264 e. The van der Waals surface area contributed by atoms with Crippen LogP contribution in [0.1, 0.15) is 11.3 Å². The summed E-state index contributed by atoms with van der Waals surface area (Å²) in [5.74, 6) is 0. The van der Waals surface area contributed by atoms with Gasteiger partial charge in [-0.25, -0.2) is 9.97 Å². The topological polar surface area (TPSA) is 62.5 Å². The van der Waals surface area contributed by atoms with E-state index in [9.17, 15) is 0 Å². The first-order valence-electron chi connectivity index (χ1n) is 5.86. The van der Waals surface area contributed by atoms with Gasteiger partial charge in [0.05, 0.1) is 0 Å². The van der Waals surface area contributed by atoms with Crippen molar-refractivity contribution in [3.05, 3.63) is 54.1 Å². The lowest BCUT2D eigenvalue weighted by molar-refractivity contribution is 1.24. The molecule has 0 fully saturated rings. The van der Waals surface area contributed by atoms with Gasteiger partial charge in [0, 0.05) is 29.5 Å². The second-order valence-electron chi connectivity index (χ2n) is 4.23. The molecular formula is C15H10N4. The lowest BCUT2D eigenvalue weighted by Gasteiger charge is -2.08. The molecular weight excluding hydrogens is 236 g/mol. The van der Waals surface area contributed by atoms with E-state index in [1.54, 1.807) is 24.7 Å². The first kappa shape index (κ1) is 11.3. The molecule has 0 spiro atoms. The Balaban J connectivity index is 2.40. The SMILES string of the molecule is Cc1ccncc1-c1cc(C#N)nc2ncccc12. The van der Waals surface area contributed by atoms with Crippen LogP contribution in [0.5, 0.6) is 0 Å². The molecule has 3 rings (SSSR count). The number of fused-ring (bicyclic) bond motifs is 1. The molecule has 0 radical (unpaired) electrons. The van der Waals surface area contributed by atoms with Crippen LogP contribution in [-0.4, -0.2) is 15.0 Å². The van der Waals surface area contributed by atoms with Crippen LogP contribution >= 0.6 is 0 Å². The Morgan fingerprint density at radius 3 is 2.84 bits per heavy atom. The van der Waals surface area contributed by atoms with Crippen molar-refractivity contribution in [2.75, 3.05) is 0 Å². The van der Waals surface area contributed by atoms with Gasteiger partial charge in [0.1, 0.15) is 11.8 Å². The molecule has 0 aromatic carbocycles. The summed E-state index contributed by atoms with van der Waals surface area (Å²) in [5, 5.41) is 10.0. The van der Waals surface area contributed by atoms with Crippen LogP contribution in [0.25, 0.3) is 22.2 Å². The number of nitriles is 1. The van der Waals surface area contributed by atoms with Crippen molar-refractivity contribution < 1.29 is 0 Å². The van der Waals surface area contributed by atoms with Crippen molar-refractivity contribution >= 4 is 11.0 Å². The van der Waals surface area contributed by atoms with Crippen molar-refractivity contribution in [3.8, 4) is 17.2 Å². The number of hydrogen-bond donors (Lipinski definition) is 0. The maximum atomic E-state index is 9.08. The Bertz CT molecular complexity index is 803. The second-order valence-corrected chi connectivity index (χ2v) is 4.23. The number of aromatic nitrogens is 3. The van der Waals surface area contributed by atoms with Gasteiger partial charge in [0.25, 0.3) is 0 Å². The fourth-order valence-corrected chi connectivity index (χ4v) is 2.08. The van der Waals surface area contributed by atoms with Gasteiger partial charge >= 0.3 is 0 Å². The Hall–Kier alpha value is -2.80. The number of pyridine rings is 3. The molecule has 0 unspecified atom stereocenters. The third-order valence-corrected chi connectivity index (χ3v) is 3.03. The molecule has 19 heavy (non-hydrogen) atoms. The highest BCUT2D eigenvalue weighted by Crippen LogP contribution is 2.29. The highest BCUT2D eigenvalue weighted by molar-refractivity contribution is 5.93. The lowest BCUT2D eigenvalue weighted by atomic mass is 10.00. The van der Waals surface area contributed by atoms with Crippen molar-refractivity contribution in [2.45, 2.75) is 6.92 Å². The smallest absolute Gasteiger partial charge is 0.161 e. The van der Waals surface area contributed by atoms with E-state index < -0.39 is 0 Å². The number of aryl methyl sites for hydroxylation is 1. The summed E-state index contributed by atoms with van der Waals surface area (Å²) in [5.41, 5.74) is 4.00. The number of hydrogen-bond acceptors (Lipinski definition) is 4. The molecule has 90 valence electrons. The minimum absolute atomic E-state index is 0.365. The van der Waals surface area contributed by atoms with Crippen molar-refractivity contribution in [1.29, 1.82) is 5.26 Å². The van der Waals surface area contributed by atoms with E-state index in [4.69, 9.17) is 5.26 Å². The van der Waals surface area contributed by atoms with Gasteiger partial charge in [-0.1, -0.05) is 0 Å². The van der Waals surface area contributed by atoms with E-state index in [1.165, 1.54) is 0 Å². The molecule has 4 nitrogen and oxygen atoms in total. The zero-order valence-electron chi connectivity index (χ0n) is 10.3. The van der Waals surface area contributed by atoms with Gasteiger partial charge in [0.2, 0.25) is 0 Å². The summed E-state index contributed by atoms with van der Waals surface area (Å²) in [7, 11) is 0. The first-order chi connectivity index (χ1) is 9.29. The third-order valence-electron chi connectivity index (χ3n) is 3.03. The predicted octanol–water partition coefficient (Wildman–Crippen LogP) is 2.87. The lowest BCUT2D eigenvalue weighted by Crippen LogP contribution is -1.93. The van der Waals surface area contributed by atoms with Crippen LogP contribution in [0.15, 0.2) is 42.9 Å². The molecule has 0 aliphatic heterocycles. The monoisotopic (exact) mass is 246 g/mol. The molecule has 0 saturated heterocycles. The van der Waals surface area contributed by atoms with Gasteiger partial charge < -0.3 is 0 Å². The van der Waals surface area contributed by atoms with E-state index in [-0.39, 0.29) is 0 Å². The fourth-order valence-electron chi connectivity index (χ4n) is 2.08. The maximum Gasteiger partial charge on any atom is 0.161 e. The van der Waals surface area contributed by atoms with Gasteiger partial charge in [-0.2, -0.15) is 5.26 Å². The zero-order chi connectivity index (χ0) is 13.2. The average molecular weight is 246 g/mol. The first-order valence-corrected chi connectivity index (χ1v) is 5.86. The van der Waals surface area contributed by atoms with Gasteiger partial charge in [-0.05, 0) is 42.3 Å². The maximum absolute atomic E-state index is 9.08. The van der Waals surface area contributed by atoms with Crippen LogP contribution in [-0.2, 0) is 0 Å². The van der Waals surface area contributed by atoms with Gasteiger partial charge in [-0.3, -0.25) is 4.98 Å². The molecule has 3 heterocycles. The zero-order valence-corrected chi connectivity index (χ0v) is 10.3. The summed E-state index contributed by atoms with van der Waals surface area (Å²) in [6.07, 6.45) is 5.24. The van der Waals surface area contributed by atoms with Crippen molar-refractivity contribution in [3.63, 3.8) is 0 Å². The van der Waals surface area contributed by atoms with Crippen LogP contribution in [0, 0.1) is 18.3 Å². The number of nitrogens with zero attached hydrogens (tertiary/aromatic N) is 4. The Kier molecular flexibility index (Phi) is 2.66.